The Labute approximate surface area is 160 Å². The molecule has 1 aliphatic rings. The van der Waals surface area contributed by atoms with E-state index in [0.29, 0.717) is 11.4 Å². The van der Waals surface area contributed by atoms with Crippen molar-refractivity contribution >= 4 is 33.6 Å². The highest BCUT2D eigenvalue weighted by atomic mass is 79.9. The third kappa shape index (κ3) is 4.35. The van der Waals surface area contributed by atoms with E-state index in [1.54, 1.807) is 35.4 Å². The van der Waals surface area contributed by atoms with E-state index < -0.39 is 11.9 Å². The number of rotatable bonds is 5. The molecule has 0 saturated heterocycles. The average molecular weight is 422 g/mol. The number of benzene rings is 1. The number of carbonyl (C=O) groups excluding carboxylic acids is 2. The van der Waals surface area contributed by atoms with Crippen molar-refractivity contribution in [3.05, 3.63) is 58.4 Å². The number of halogens is 1. The van der Waals surface area contributed by atoms with Crippen molar-refractivity contribution in [2.45, 2.75) is 20.0 Å². The van der Waals surface area contributed by atoms with Crippen molar-refractivity contribution in [3.63, 3.8) is 0 Å². The summed E-state index contributed by atoms with van der Waals surface area (Å²) in [5, 5.41) is 0. The summed E-state index contributed by atoms with van der Waals surface area (Å²) < 4.78 is 16.4. The molecule has 1 aromatic carbocycles. The number of esters is 2. The van der Waals surface area contributed by atoms with Crippen molar-refractivity contribution in [2.75, 3.05) is 19.1 Å². The Balaban J connectivity index is 2.69. The van der Waals surface area contributed by atoms with Gasteiger partial charge in [0.15, 0.2) is 0 Å². The monoisotopic (exact) mass is 421 g/mol. The standard InChI is InChI=1S/C19H20BrNO5/c1-12(2)26-16-11-13(20)8-9-15(16)21-10-6-5-7-14(18(22)24-3)17(21)19(23)25-4/h5-12H,1-4H3. The van der Waals surface area contributed by atoms with Crippen molar-refractivity contribution in [1.29, 1.82) is 0 Å². The van der Waals surface area contributed by atoms with E-state index in [-0.39, 0.29) is 17.4 Å². The Morgan fingerprint density at radius 3 is 2.38 bits per heavy atom. The van der Waals surface area contributed by atoms with Gasteiger partial charge in [0.2, 0.25) is 0 Å². The number of anilines is 1. The fraction of sp³-hybridized carbons (Fsp3) is 0.263. The van der Waals surface area contributed by atoms with Gasteiger partial charge in [0.25, 0.3) is 0 Å². The highest BCUT2D eigenvalue weighted by Crippen LogP contribution is 2.36. The normalized spacial score (nSPS) is 13.7. The summed E-state index contributed by atoms with van der Waals surface area (Å²) in [4.78, 5) is 26.3. The number of methoxy groups -OCH3 is 2. The minimum absolute atomic E-state index is 0.0419. The van der Waals surface area contributed by atoms with Gasteiger partial charge < -0.3 is 19.1 Å². The van der Waals surface area contributed by atoms with Crippen LogP contribution in [0.3, 0.4) is 0 Å². The summed E-state index contributed by atoms with van der Waals surface area (Å²) >= 11 is 3.42. The summed E-state index contributed by atoms with van der Waals surface area (Å²) in [6, 6.07) is 5.41. The summed E-state index contributed by atoms with van der Waals surface area (Å²) in [6.07, 6.45) is 6.45. The molecule has 7 heteroatoms. The van der Waals surface area contributed by atoms with Crippen LogP contribution in [-0.4, -0.2) is 32.3 Å². The summed E-state index contributed by atoms with van der Waals surface area (Å²) in [5.41, 5.74) is 0.715. The van der Waals surface area contributed by atoms with Crippen LogP contribution < -0.4 is 9.64 Å². The van der Waals surface area contributed by atoms with Crippen LogP contribution in [0.4, 0.5) is 5.69 Å². The molecular formula is C19H20BrNO5. The Morgan fingerprint density at radius 2 is 1.77 bits per heavy atom. The van der Waals surface area contributed by atoms with E-state index in [2.05, 4.69) is 15.9 Å². The molecule has 6 nitrogen and oxygen atoms in total. The third-order valence-corrected chi connectivity index (χ3v) is 3.93. The minimum atomic E-state index is -0.667. The van der Waals surface area contributed by atoms with E-state index in [0.717, 1.165) is 4.47 Å². The van der Waals surface area contributed by atoms with Gasteiger partial charge in [-0.25, -0.2) is 9.59 Å². The molecule has 26 heavy (non-hydrogen) atoms. The molecule has 2 rings (SSSR count). The van der Waals surface area contributed by atoms with Gasteiger partial charge in [-0.3, -0.25) is 0 Å². The van der Waals surface area contributed by atoms with Crippen LogP contribution in [0.5, 0.6) is 5.75 Å². The quantitative estimate of drug-likeness (QED) is 0.674. The average Bonchev–Trinajstić information content (AvgIpc) is 2.83. The lowest BCUT2D eigenvalue weighted by Crippen LogP contribution is -2.27. The highest BCUT2D eigenvalue weighted by molar-refractivity contribution is 9.10. The third-order valence-electron chi connectivity index (χ3n) is 3.43. The van der Waals surface area contributed by atoms with E-state index in [4.69, 9.17) is 14.2 Å². The van der Waals surface area contributed by atoms with Crippen molar-refractivity contribution in [2.24, 2.45) is 0 Å². The highest BCUT2D eigenvalue weighted by Gasteiger charge is 2.29. The number of ether oxygens (including phenoxy) is 3. The first kappa shape index (κ1) is 19.8. The molecule has 0 radical (unpaired) electrons. The summed E-state index contributed by atoms with van der Waals surface area (Å²) in [7, 11) is 2.52. The maximum atomic E-state index is 12.5. The number of hydrogen-bond acceptors (Lipinski definition) is 6. The Kier molecular flexibility index (Phi) is 6.63. The van der Waals surface area contributed by atoms with Crippen LogP contribution >= 0.6 is 15.9 Å². The molecule has 0 aliphatic carbocycles. The van der Waals surface area contributed by atoms with Crippen LogP contribution in [0, 0.1) is 0 Å². The predicted octanol–water partition coefficient (Wildman–Crippen LogP) is 3.73. The second-order valence-corrected chi connectivity index (χ2v) is 6.51. The molecule has 0 N–H and O–H groups in total. The van der Waals surface area contributed by atoms with Gasteiger partial charge >= 0.3 is 11.9 Å². The number of nitrogens with zero attached hydrogens (tertiary/aromatic N) is 1. The van der Waals surface area contributed by atoms with Gasteiger partial charge in [0.1, 0.15) is 11.4 Å². The van der Waals surface area contributed by atoms with E-state index in [1.165, 1.54) is 20.3 Å². The molecule has 0 fully saturated rings. The zero-order valence-corrected chi connectivity index (χ0v) is 16.6. The predicted molar refractivity (Wildman–Crippen MR) is 102 cm³/mol. The van der Waals surface area contributed by atoms with Crippen LogP contribution in [0.25, 0.3) is 0 Å². The van der Waals surface area contributed by atoms with E-state index >= 15 is 0 Å². The zero-order chi connectivity index (χ0) is 19.3. The van der Waals surface area contributed by atoms with Crippen molar-refractivity contribution < 1.29 is 23.8 Å². The Morgan fingerprint density at radius 1 is 1.08 bits per heavy atom. The Bertz CT molecular complexity index is 795. The lowest BCUT2D eigenvalue weighted by atomic mass is 10.1. The van der Waals surface area contributed by atoms with Gasteiger partial charge in [-0.05, 0) is 44.2 Å². The van der Waals surface area contributed by atoms with E-state index in [9.17, 15) is 9.59 Å². The van der Waals surface area contributed by atoms with E-state index in [1.807, 2.05) is 19.9 Å². The first-order valence-electron chi connectivity index (χ1n) is 7.90. The molecule has 0 spiro atoms. The van der Waals surface area contributed by atoms with Crippen LogP contribution in [0.1, 0.15) is 13.8 Å². The second-order valence-electron chi connectivity index (χ2n) is 5.59. The molecule has 1 aromatic rings. The lowest BCUT2D eigenvalue weighted by molar-refractivity contribution is -0.139. The van der Waals surface area contributed by atoms with Crippen molar-refractivity contribution in [1.82, 2.24) is 0 Å². The number of carbonyl (C=O) groups is 2. The first-order chi connectivity index (χ1) is 12.4. The van der Waals surface area contributed by atoms with Gasteiger partial charge in [-0.2, -0.15) is 0 Å². The fourth-order valence-electron chi connectivity index (χ4n) is 2.39. The minimum Gasteiger partial charge on any atom is -0.489 e. The van der Waals surface area contributed by atoms with Gasteiger partial charge in [-0.15, -0.1) is 0 Å². The lowest BCUT2D eigenvalue weighted by Gasteiger charge is -2.26. The number of allylic oxidation sites excluding steroid dienone is 2. The molecule has 0 unspecified atom stereocenters. The van der Waals surface area contributed by atoms with Gasteiger partial charge in [0, 0.05) is 10.7 Å². The molecule has 0 bridgehead atoms. The summed E-state index contributed by atoms with van der Waals surface area (Å²) in [5.74, 6) is -0.759. The molecule has 1 heterocycles. The largest absolute Gasteiger partial charge is 0.489 e. The molecule has 0 atom stereocenters. The van der Waals surface area contributed by atoms with Crippen LogP contribution in [-0.2, 0) is 19.1 Å². The van der Waals surface area contributed by atoms with Crippen LogP contribution in [0.15, 0.2) is 58.4 Å². The molecule has 138 valence electrons. The van der Waals surface area contributed by atoms with Gasteiger partial charge in [0.05, 0.1) is 31.6 Å². The molecule has 0 saturated carbocycles. The first-order valence-corrected chi connectivity index (χ1v) is 8.69. The van der Waals surface area contributed by atoms with Crippen molar-refractivity contribution in [3.8, 4) is 5.75 Å². The SMILES string of the molecule is COC(=O)C1=C(C(=O)OC)N(c2ccc(Br)cc2OC(C)C)C=CC=C1. The smallest absolute Gasteiger partial charge is 0.355 e. The maximum absolute atomic E-state index is 12.5. The topological polar surface area (TPSA) is 65.1 Å². The Hall–Kier alpha value is -2.54. The summed E-state index contributed by atoms with van der Waals surface area (Å²) in [6.45, 7) is 3.81. The maximum Gasteiger partial charge on any atom is 0.355 e. The molecule has 0 aromatic heterocycles. The second kappa shape index (κ2) is 8.71. The number of hydrogen-bond donors (Lipinski definition) is 0. The molecule has 0 amide bonds. The zero-order valence-electron chi connectivity index (χ0n) is 15.0. The van der Waals surface area contributed by atoms with Gasteiger partial charge in [-0.1, -0.05) is 22.0 Å². The molecule has 1 aliphatic heterocycles. The fourth-order valence-corrected chi connectivity index (χ4v) is 2.73. The van der Waals surface area contributed by atoms with Crippen LogP contribution in [0.2, 0.25) is 0 Å². The molecular weight excluding hydrogens is 402 g/mol.